The molecule has 1 N–H and O–H groups in total. The minimum absolute atomic E-state index is 0.0575. The molecule has 0 aliphatic rings. The van der Waals surface area contributed by atoms with E-state index in [1.807, 2.05) is 85.8 Å². The van der Waals surface area contributed by atoms with Crippen LogP contribution in [0.2, 0.25) is 0 Å². The maximum absolute atomic E-state index is 13.7. The van der Waals surface area contributed by atoms with E-state index < -0.39 is 6.04 Å². The van der Waals surface area contributed by atoms with Gasteiger partial charge in [0.05, 0.1) is 6.42 Å². The van der Waals surface area contributed by atoms with E-state index in [9.17, 15) is 9.59 Å². The molecule has 0 saturated heterocycles. The average Bonchev–Trinajstić information content (AvgIpc) is 2.83. The number of hydrogen-bond donors (Lipinski definition) is 1. The first-order valence-electron chi connectivity index (χ1n) is 11.7. The molecule has 0 unspecified atom stereocenters. The first-order valence-corrected chi connectivity index (χ1v) is 12.5. The third kappa shape index (κ3) is 7.56. The molecule has 5 heteroatoms. The molecule has 0 aliphatic heterocycles. The van der Waals surface area contributed by atoms with Crippen molar-refractivity contribution in [3.8, 4) is 0 Å². The molecule has 0 saturated carbocycles. The average molecular weight is 521 g/mol. The fraction of sp³-hybridized carbons (Fsp3) is 0.310. The zero-order valence-corrected chi connectivity index (χ0v) is 21.7. The van der Waals surface area contributed by atoms with Crippen LogP contribution in [0.3, 0.4) is 0 Å². The molecule has 0 radical (unpaired) electrons. The highest BCUT2D eigenvalue weighted by molar-refractivity contribution is 9.10. The Morgan fingerprint density at radius 1 is 0.882 bits per heavy atom. The van der Waals surface area contributed by atoms with Gasteiger partial charge in [0.15, 0.2) is 0 Å². The van der Waals surface area contributed by atoms with Crippen molar-refractivity contribution in [2.75, 3.05) is 6.54 Å². The molecule has 0 heterocycles. The molecular formula is C29H33BrN2O2. The Morgan fingerprint density at radius 3 is 2.18 bits per heavy atom. The van der Waals surface area contributed by atoms with Crippen molar-refractivity contribution >= 4 is 27.7 Å². The lowest BCUT2D eigenvalue weighted by atomic mass is 10.00. The topological polar surface area (TPSA) is 49.4 Å². The van der Waals surface area contributed by atoms with Gasteiger partial charge in [0.1, 0.15) is 6.04 Å². The Morgan fingerprint density at radius 2 is 1.53 bits per heavy atom. The molecule has 3 rings (SSSR count). The number of halogens is 1. The molecule has 178 valence electrons. The van der Waals surface area contributed by atoms with E-state index in [0.717, 1.165) is 26.7 Å². The fourth-order valence-corrected chi connectivity index (χ4v) is 4.10. The van der Waals surface area contributed by atoms with E-state index in [1.54, 1.807) is 4.90 Å². The summed E-state index contributed by atoms with van der Waals surface area (Å²) < 4.78 is 0.976. The summed E-state index contributed by atoms with van der Waals surface area (Å²) in [5.41, 5.74) is 4.06. The lowest BCUT2D eigenvalue weighted by Crippen LogP contribution is -2.51. The Balaban J connectivity index is 1.96. The number of hydrogen-bond acceptors (Lipinski definition) is 2. The first kappa shape index (κ1) is 25.7. The number of carbonyl (C=O) groups is 2. The monoisotopic (exact) mass is 520 g/mol. The lowest BCUT2D eigenvalue weighted by Gasteiger charge is -2.32. The highest BCUT2D eigenvalue weighted by Crippen LogP contribution is 2.19. The predicted molar refractivity (Wildman–Crippen MR) is 141 cm³/mol. The summed E-state index contributed by atoms with van der Waals surface area (Å²) in [5.74, 6) is 0.148. The quantitative estimate of drug-likeness (QED) is 0.372. The molecule has 3 aromatic carbocycles. The van der Waals surface area contributed by atoms with Gasteiger partial charge in [-0.05, 0) is 47.2 Å². The van der Waals surface area contributed by atoms with E-state index in [0.29, 0.717) is 25.4 Å². The van der Waals surface area contributed by atoms with Gasteiger partial charge in [-0.15, -0.1) is 0 Å². The zero-order valence-electron chi connectivity index (χ0n) is 20.1. The first-order chi connectivity index (χ1) is 16.3. The second-order valence-electron chi connectivity index (χ2n) is 9.10. The molecule has 0 aromatic heterocycles. The number of nitrogens with zero attached hydrogens (tertiary/aromatic N) is 1. The molecule has 0 spiro atoms. The Kier molecular flexibility index (Phi) is 9.46. The Hall–Kier alpha value is -2.92. The molecule has 1 atom stereocenters. The molecule has 0 aliphatic carbocycles. The van der Waals surface area contributed by atoms with Crippen LogP contribution in [-0.4, -0.2) is 29.3 Å². The van der Waals surface area contributed by atoms with E-state index in [-0.39, 0.29) is 18.2 Å². The molecule has 3 aromatic rings. The number of amides is 2. The van der Waals surface area contributed by atoms with Crippen molar-refractivity contribution < 1.29 is 9.59 Å². The molecule has 0 bridgehead atoms. The third-order valence-electron chi connectivity index (χ3n) is 5.82. The highest BCUT2D eigenvalue weighted by Gasteiger charge is 2.30. The zero-order chi connectivity index (χ0) is 24.5. The summed E-state index contributed by atoms with van der Waals surface area (Å²) in [6.45, 7) is 7.08. The summed E-state index contributed by atoms with van der Waals surface area (Å²) >= 11 is 3.48. The normalized spacial score (nSPS) is 11.8. The van der Waals surface area contributed by atoms with Crippen molar-refractivity contribution in [1.29, 1.82) is 0 Å². The van der Waals surface area contributed by atoms with E-state index >= 15 is 0 Å². The standard InChI is InChI=1S/C29H33BrN2O2/c1-21(2)19-31-29(34)27(17-23-10-5-4-6-11-23)32(20-24-13-15-26(30)16-14-24)28(33)18-25-12-8-7-9-22(25)3/h4-16,21,27H,17-20H2,1-3H3,(H,31,34)/t27-/m1/s1. The number of carbonyl (C=O) groups excluding carboxylic acids is 2. The Labute approximate surface area is 211 Å². The third-order valence-corrected chi connectivity index (χ3v) is 6.35. The molecule has 2 amide bonds. The summed E-state index contributed by atoms with van der Waals surface area (Å²) in [6.07, 6.45) is 0.715. The van der Waals surface area contributed by atoms with Gasteiger partial charge in [0.25, 0.3) is 0 Å². The van der Waals surface area contributed by atoms with Gasteiger partial charge < -0.3 is 10.2 Å². The molecule has 34 heavy (non-hydrogen) atoms. The predicted octanol–water partition coefficient (Wildman–Crippen LogP) is 5.71. The van der Waals surface area contributed by atoms with Crippen LogP contribution in [0.5, 0.6) is 0 Å². The molecule has 4 nitrogen and oxygen atoms in total. The summed E-state index contributed by atoms with van der Waals surface area (Å²) in [7, 11) is 0. The molecule has 0 fully saturated rings. The van der Waals surface area contributed by atoms with Crippen molar-refractivity contribution in [3.05, 3.63) is 106 Å². The molecular weight excluding hydrogens is 488 g/mol. The van der Waals surface area contributed by atoms with E-state index in [1.165, 1.54) is 0 Å². The summed E-state index contributed by atoms with van der Waals surface area (Å²) in [6, 6.07) is 25.1. The summed E-state index contributed by atoms with van der Waals surface area (Å²) in [5, 5.41) is 3.07. The van der Waals surface area contributed by atoms with Gasteiger partial charge >= 0.3 is 0 Å². The van der Waals surface area contributed by atoms with Crippen molar-refractivity contribution in [2.45, 2.75) is 46.2 Å². The van der Waals surface area contributed by atoms with Crippen molar-refractivity contribution in [3.63, 3.8) is 0 Å². The van der Waals surface area contributed by atoms with E-state index in [2.05, 4.69) is 35.1 Å². The Bertz CT molecular complexity index is 1080. The van der Waals surface area contributed by atoms with Crippen LogP contribution < -0.4 is 5.32 Å². The van der Waals surface area contributed by atoms with Crippen LogP contribution in [-0.2, 0) is 29.0 Å². The lowest BCUT2D eigenvalue weighted by molar-refractivity contribution is -0.140. The fourth-order valence-electron chi connectivity index (χ4n) is 3.84. The van der Waals surface area contributed by atoms with Crippen LogP contribution in [0.25, 0.3) is 0 Å². The highest BCUT2D eigenvalue weighted by atomic mass is 79.9. The smallest absolute Gasteiger partial charge is 0.243 e. The van der Waals surface area contributed by atoms with Crippen LogP contribution in [0.1, 0.15) is 36.1 Å². The minimum atomic E-state index is -0.610. The second kappa shape index (κ2) is 12.5. The SMILES string of the molecule is Cc1ccccc1CC(=O)N(Cc1ccc(Br)cc1)[C@H](Cc1ccccc1)C(=O)NCC(C)C. The number of aryl methyl sites for hydroxylation is 1. The van der Waals surface area contributed by atoms with Gasteiger partial charge in [-0.2, -0.15) is 0 Å². The van der Waals surface area contributed by atoms with Crippen molar-refractivity contribution in [2.24, 2.45) is 5.92 Å². The van der Waals surface area contributed by atoms with Gasteiger partial charge in [-0.25, -0.2) is 0 Å². The second-order valence-corrected chi connectivity index (χ2v) is 10.0. The van der Waals surface area contributed by atoms with Crippen LogP contribution in [0, 0.1) is 12.8 Å². The van der Waals surface area contributed by atoms with Gasteiger partial charge in [0, 0.05) is 24.0 Å². The maximum atomic E-state index is 13.7. The van der Waals surface area contributed by atoms with Crippen molar-refractivity contribution in [1.82, 2.24) is 10.2 Å². The summed E-state index contributed by atoms with van der Waals surface area (Å²) in [4.78, 5) is 28.9. The minimum Gasteiger partial charge on any atom is -0.354 e. The van der Waals surface area contributed by atoms with Gasteiger partial charge in [-0.1, -0.05) is 96.5 Å². The van der Waals surface area contributed by atoms with Gasteiger partial charge in [-0.3, -0.25) is 9.59 Å². The van der Waals surface area contributed by atoms with Crippen LogP contribution >= 0.6 is 15.9 Å². The number of benzene rings is 3. The van der Waals surface area contributed by atoms with Crippen LogP contribution in [0.15, 0.2) is 83.3 Å². The van der Waals surface area contributed by atoms with Gasteiger partial charge in [0.2, 0.25) is 11.8 Å². The van der Waals surface area contributed by atoms with Crippen LogP contribution in [0.4, 0.5) is 0 Å². The number of rotatable bonds is 10. The number of nitrogens with one attached hydrogen (secondary N) is 1. The van der Waals surface area contributed by atoms with E-state index in [4.69, 9.17) is 0 Å². The maximum Gasteiger partial charge on any atom is 0.243 e. The largest absolute Gasteiger partial charge is 0.354 e.